The van der Waals surface area contributed by atoms with E-state index in [1.165, 1.54) is 11.3 Å². The van der Waals surface area contributed by atoms with Crippen molar-refractivity contribution in [3.05, 3.63) is 45.3 Å². The van der Waals surface area contributed by atoms with Crippen LogP contribution in [0.3, 0.4) is 0 Å². The highest BCUT2D eigenvalue weighted by Crippen LogP contribution is 2.40. The van der Waals surface area contributed by atoms with Gasteiger partial charge in [0.1, 0.15) is 10.8 Å². The van der Waals surface area contributed by atoms with Crippen LogP contribution in [-0.2, 0) is 22.4 Å². The molecule has 28 heavy (non-hydrogen) atoms. The first kappa shape index (κ1) is 20.7. The number of ether oxygens (including phenoxy) is 2. The molecular formula is C21H24ClNO4S. The summed E-state index contributed by atoms with van der Waals surface area (Å²) in [6, 6.07) is 6.89. The molecule has 1 N–H and O–H groups in total. The zero-order valence-corrected chi connectivity index (χ0v) is 17.8. The van der Waals surface area contributed by atoms with Gasteiger partial charge in [0.25, 0.3) is 5.91 Å². The van der Waals surface area contributed by atoms with Crippen molar-refractivity contribution in [1.29, 1.82) is 0 Å². The summed E-state index contributed by atoms with van der Waals surface area (Å²) < 4.78 is 10.9. The molecule has 7 heteroatoms. The number of amides is 1. The lowest BCUT2D eigenvalue weighted by Gasteiger charge is -2.18. The molecule has 1 aliphatic rings. The second kappa shape index (κ2) is 8.97. The average Bonchev–Trinajstić information content (AvgIpc) is 2.98. The van der Waals surface area contributed by atoms with Gasteiger partial charge in [0.15, 0.2) is 6.10 Å². The molecule has 150 valence electrons. The minimum atomic E-state index is -0.744. The highest BCUT2D eigenvalue weighted by molar-refractivity contribution is 7.17. The lowest BCUT2D eigenvalue weighted by molar-refractivity contribution is -0.122. The van der Waals surface area contributed by atoms with Crippen LogP contribution in [0.25, 0.3) is 0 Å². The third-order valence-electron chi connectivity index (χ3n) is 4.71. The molecular weight excluding hydrogens is 398 g/mol. The Kier molecular flexibility index (Phi) is 6.62. The first-order valence-electron chi connectivity index (χ1n) is 9.43. The van der Waals surface area contributed by atoms with E-state index >= 15 is 0 Å². The van der Waals surface area contributed by atoms with Crippen molar-refractivity contribution < 1.29 is 19.1 Å². The van der Waals surface area contributed by atoms with Crippen molar-refractivity contribution in [2.75, 3.05) is 11.9 Å². The van der Waals surface area contributed by atoms with E-state index in [4.69, 9.17) is 21.1 Å². The number of hydrogen-bond donors (Lipinski definition) is 1. The van der Waals surface area contributed by atoms with Crippen LogP contribution in [0.15, 0.2) is 24.3 Å². The summed E-state index contributed by atoms with van der Waals surface area (Å²) in [5, 5.41) is 3.96. The Labute approximate surface area is 174 Å². The molecule has 0 aliphatic heterocycles. The summed E-state index contributed by atoms with van der Waals surface area (Å²) in [6.45, 7) is 5.93. The van der Waals surface area contributed by atoms with E-state index in [0.29, 0.717) is 33.9 Å². The standard InChI is InChI=1S/C21H24ClNO4S/c1-4-26-21(25)18-16-9-8-12(2)10-17(16)28-20(18)23-19(24)13(3)27-15-7-5-6-14(22)11-15/h5-7,11-13H,4,8-10H2,1-3H3,(H,23,24)/t12-,13-/m0/s1. The van der Waals surface area contributed by atoms with E-state index in [9.17, 15) is 9.59 Å². The molecule has 0 fully saturated rings. The van der Waals surface area contributed by atoms with Gasteiger partial charge in [-0.1, -0.05) is 24.6 Å². The molecule has 1 amide bonds. The van der Waals surface area contributed by atoms with Crippen LogP contribution >= 0.6 is 22.9 Å². The lowest BCUT2D eigenvalue weighted by Crippen LogP contribution is -2.30. The lowest BCUT2D eigenvalue weighted by atomic mass is 9.88. The Morgan fingerprint density at radius 2 is 2.18 bits per heavy atom. The fourth-order valence-electron chi connectivity index (χ4n) is 3.27. The molecule has 0 radical (unpaired) electrons. The number of nitrogens with one attached hydrogen (secondary N) is 1. The van der Waals surface area contributed by atoms with Gasteiger partial charge in [-0.2, -0.15) is 0 Å². The highest BCUT2D eigenvalue weighted by atomic mass is 35.5. The Bertz CT molecular complexity index is 879. The van der Waals surface area contributed by atoms with E-state index in [1.54, 1.807) is 38.1 Å². The largest absolute Gasteiger partial charge is 0.481 e. The molecule has 0 bridgehead atoms. The molecule has 1 aromatic carbocycles. The first-order chi connectivity index (χ1) is 13.4. The number of carbonyl (C=O) groups is 2. The normalized spacial score (nSPS) is 16.8. The van der Waals surface area contributed by atoms with Crippen LogP contribution in [0.2, 0.25) is 5.02 Å². The third-order valence-corrected chi connectivity index (χ3v) is 6.11. The Morgan fingerprint density at radius 1 is 1.39 bits per heavy atom. The van der Waals surface area contributed by atoms with Crippen LogP contribution in [-0.4, -0.2) is 24.6 Å². The summed E-state index contributed by atoms with van der Waals surface area (Å²) in [7, 11) is 0. The SMILES string of the molecule is CCOC(=O)c1c(NC(=O)[C@H](C)Oc2cccc(Cl)c2)sc2c1CC[C@H](C)C2. The molecule has 1 aliphatic carbocycles. The van der Waals surface area contributed by atoms with Gasteiger partial charge in [-0.25, -0.2) is 4.79 Å². The number of hydrogen-bond acceptors (Lipinski definition) is 5. The van der Waals surface area contributed by atoms with Gasteiger partial charge in [0.05, 0.1) is 12.2 Å². The zero-order valence-electron chi connectivity index (χ0n) is 16.2. The fraction of sp³-hybridized carbons (Fsp3) is 0.429. The quantitative estimate of drug-likeness (QED) is 0.658. The molecule has 0 spiro atoms. The predicted octanol–water partition coefficient (Wildman–Crippen LogP) is 5.11. The molecule has 3 rings (SSSR count). The summed E-state index contributed by atoms with van der Waals surface area (Å²) >= 11 is 7.43. The third kappa shape index (κ3) is 4.67. The van der Waals surface area contributed by atoms with E-state index in [1.807, 2.05) is 0 Å². The van der Waals surface area contributed by atoms with Gasteiger partial charge < -0.3 is 14.8 Å². The molecule has 0 saturated heterocycles. The van der Waals surface area contributed by atoms with Crippen molar-refractivity contribution in [1.82, 2.24) is 0 Å². The van der Waals surface area contributed by atoms with Crippen molar-refractivity contribution in [2.45, 2.75) is 46.1 Å². The van der Waals surface area contributed by atoms with E-state index in [2.05, 4.69) is 12.2 Å². The maximum atomic E-state index is 12.7. The van der Waals surface area contributed by atoms with Gasteiger partial charge in [-0.15, -0.1) is 11.3 Å². The van der Waals surface area contributed by atoms with E-state index in [-0.39, 0.29) is 11.9 Å². The van der Waals surface area contributed by atoms with Crippen LogP contribution in [0, 0.1) is 5.92 Å². The van der Waals surface area contributed by atoms with Gasteiger partial charge in [-0.05, 0) is 62.8 Å². The van der Waals surface area contributed by atoms with Crippen molar-refractivity contribution in [3.8, 4) is 5.75 Å². The zero-order chi connectivity index (χ0) is 20.3. The van der Waals surface area contributed by atoms with Gasteiger partial charge in [0.2, 0.25) is 0 Å². The molecule has 2 atom stereocenters. The number of thiophene rings is 1. The molecule has 2 aromatic rings. The van der Waals surface area contributed by atoms with Crippen LogP contribution in [0.1, 0.15) is 48.0 Å². The minimum Gasteiger partial charge on any atom is -0.481 e. The number of fused-ring (bicyclic) bond motifs is 1. The van der Waals surface area contributed by atoms with E-state index < -0.39 is 6.10 Å². The molecule has 0 unspecified atom stereocenters. The maximum Gasteiger partial charge on any atom is 0.341 e. The predicted molar refractivity (Wildman–Crippen MR) is 112 cm³/mol. The fourth-order valence-corrected chi connectivity index (χ4v) is 4.85. The molecule has 5 nitrogen and oxygen atoms in total. The highest BCUT2D eigenvalue weighted by Gasteiger charge is 2.30. The topological polar surface area (TPSA) is 64.6 Å². The summed E-state index contributed by atoms with van der Waals surface area (Å²) in [6.07, 6.45) is 2.02. The first-order valence-corrected chi connectivity index (χ1v) is 10.6. The number of carbonyl (C=O) groups excluding carboxylic acids is 2. The smallest absolute Gasteiger partial charge is 0.341 e. The number of esters is 1. The summed E-state index contributed by atoms with van der Waals surface area (Å²) in [5.41, 5.74) is 1.51. The van der Waals surface area contributed by atoms with Gasteiger partial charge in [-0.3, -0.25) is 4.79 Å². The van der Waals surface area contributed by atoms with Crippen molar-refractivity contribution in [2.24, 2.45) is 5.92 Å². The Balaban J connectivity index is 1.80. The number of rotatable bonds is 6. The second-order valence-electron chi connectivity index (χ2n) is 6.98. The summed E-state index contributed by atoms with van der Waals surface area (Å²) in [4.78, 5) is 26.4. The monoisotopic (exact) mass is 421 g/mol. The number of benzene rings is 1. The summed E-state index contributed by atoms with van der Waals surface area (Å²) in [5.74, 6) is 0.375. The van der Waals surface area contributed by atoms with Crippen molar-refractivity contribution in [3.63, 3.8) is 0 Å². The van der Waals surface area contributed by atoms with Gasteiger partial charge >= 0.3 is 5.97 Å². The molecule has 1 aromatic heterocycles. The van der Waals surface area contributed by atoms with Gasteiger partial charge in [0, 0.05) is 9.90 Å². The number of halogens is 1. The maximum absolute atomic E-state index is 12.7. The minimum absolute atomic E-state index is 0.293. The van der Waals surface area contributed by atoms with Crippen LogP contribution < -0.4 is 10.1 Å². The van der Waals surface area contributed by atoms with E-state index in [0.717, 1.165) is 29.7 Å². The molecule has 1 heterocycles. The Morgan fingerprint density at radius 3 is 2.89 bits per heavy atom. The van der Waals surface area contributed by atoms with Crippen LogP contribution in [0.4, 0.5) is 5.00 Å². The second-order valence-corrected chi connectivity index (χ2v) is 8.52. The average molecular weight is 422 g/mol. The molecule has 0 saturated carbocycles. The van der Waals surface area contributed by atoms with Crippen LogP contribution in [0.5, 0.6) is 5.75 Å². The number of anilines is 1. The van der Waals surface area contributed by atoms with Crippen molar-refractivity contribution >= 4 is 39.8 Å². The Hall–Kier alpha value is -2.05.